The first-order valence-corrected chi connectivity index (χ1v) is 8.35. The summed E-state index contributed by atoms with van der Waals surface area (Å²) in [5, 5.41) is 11.8. The fourth-order valence-electron chi connectivity index (χ4n) is 3.13. The van der Waals surface area contributed by atoms with E-state index >= 15 is 0 Å². The molecule has 3 atom stereocenters. The summed E-state index contributed by atoms with van der Waals surface area (Å²) in [4.78, 5) is 24.5. The highest BCUT2D eigenvalue weighted by Crippen LogP contribution is 2.38. The summed E-state index contributed by atoms with van der Waals surface area (Å²) in [5.74, 6) is -5.23. The molecule has 1 aliphatic rings. The van der Waals surface area contributed by atoms with E-state index in [1.807, 2.05) is 44.2 Å². The Balaban J connectivity index is 2.09. The van der Waals surface area contributed by atoms with Gasteiger partial charge in [-0.2, -0.15) is 13.2 Å². The van der Waals surface area contributed by atoms with Crippen molar-refractivity contribution in [3.05, 3.63) is 35.9 Å². The molecule has 8 heteroatoms. The maximum atomic E-state index is 13.1. The third-order valence-electron chi connectivity index (χ3n) is 5.29. The standard InChI is InChI=1S/C18H23F3N2O3/c1-11(17(2,3)12-7-5-4-6-8-12)22-16(26)23-9-13(15(24)25)14(10-23)18(19,20)21/h4-8,11,13-14H,9-10H2,1-3H3,(H,22,26)(H,24,25)/t11?,13-,14-/m1/s1. The monoisotopic (exact) mass is 372 g/mol. The van der Waals surface area contributed by atoms with Crippen molar-refractivity contribution in [2.45, 2.75) is 38.4 Å². The van der Waals surface area contributed by atoms with E-state index in [-0.39, 0.29) is 6.04 Å². The Morgan fingerprint density at radius 3 is 2.23 bits per heavy atom. The average molecular weight is 372 g/mol. The molecule has 2 rings (SSSR count). The van der Waals surface area contributed by atoms with Gasteiger partial charge in [-0.25, -0.2) is 4.79 Å². The van der Waals surface area contributed by atoms with Crippen LogP contribution in [0.15, 0.2) is 30.3 Å². The molecule has 1 heterocycles. The third-order valence-corrected chi connectivity index (χ3v) is 5.29. The molecular weight excluding hydrogens is 349 g/mol. The molecule has 144 valence electrons. The first-order valence-electron chi connectivity index (χ1n) is 8.35. The molecular formula is C18H23F3N2O3. The Kier molecular flexibility index (Phi) is 5.53. The molecule has 0 aliphatic carbocycles. The van der Waals surface area contributed by atoms with E-state index in [0.29, 0.717) is 0 Å². The first-order chi connectivity index (χ1) is 11.9. The van der Waals surface area contributed by atoms with Gasteiger partial charge in [0.1, 0.15) is 0 Å². The smallest absolute Gasteiger partial charge is 0.394 e. The van der Waals surface area contributed by atoms with Gasteiger partial charge in [0.05, 0.1) is 11.8 Å². The number of alkyl halides is 3. The van der Waals surface area contributed by atoms with Gasteiger partial charge in [-0.1, -0.05) is 44.2 Å². The number of nitrogens with zero attached hydrogens (tertiary/aromatic N) is 1. The molecule has 0 bridgehead atoms. The summed E-state index contributed by atoms with van der Waals surface area (Å²) in [6.07, 6.45) is -4.66. The quantitative estimate of drug-likeness (QED) is 0.852. The second kappa shape index (κ2) is 7.17. The number of carboxylic acid groups (broad SMARTS) is 1. The summed E-state index contributed by atoms with van der Waals surface area (Å²) < 4.78 is 39.2. The summed E-state index contributed by atoms with van der Waals surface area (Å²) in [7, 11) is 0. The van der Waals surface area contributed by atoms with Crippen molar-refractivity contribution >= 4 is 12.0 Å². The normalized spacial score (nSPS) is 22.2. The second-order valence-electron chi connectivity index (χ2n) is 7.26. The van der Waals surface area contributed by atoms with Crippen LogP contribution in [0.25, 0.3) is 0 Å². The highest BCUT2D eigenvalue weighted by Gasteiger charge is 2.53. The summed E-state index contributed by atoms with van der Waals surface area (Å²) in [5.41, 5.74) is 0.525. The molecule has 1 unspecified atom stereocenters. The largest absolute Gasteiger partial charge is 0.481 e. The Hall–Kier alpha value is -2.25. The van der Waals surface area contributed by atoms with Gasteiger partial charge in [-0.15, -0.1) is 0 Å². The summed E-state index contributed by atoms with van der Waals surface area (Å²) >= 11 is 0. The molecule has 0 radical (unpaired) electrons. The number of carbonyl (C=O) groups is 2. The third kappa shape index (κ3) is 4.11. The molecule has 2 N–H and O–H groups in total. The average Bonchev–Trinajstić information content (AvgIpc) is 3.01. The van der Waals surface area contributed by atoms with Gasteiger partial charge in [-0.3, -0.25) is 4.79 Å². The molecule has 0 saturated carbocycles. The van der Waals surface area contributed by atoms with Crippen molar-refractivity contribution in [3.8, 4) is 0 Å². The zero-order valence-electron chi connectivity index (χ0n) is 14.9. The Morgan fingerprint density at radius 1 is 1.19 bits per heavy atom. The Morgan fingerprint density at radius 2 is 1.77 bits per heavy atom. The Labute approximate surface area is 150 Å². The predicted octanol–water partition coefficient (Wildman–Crippen LogP) is 3.26. The molecule has 1 aromatic rings. The minimum absolute atomic E-state index is 0.370. The van der Waals surface area contributed by atoms with Crippen LogP contribution in [0.5, 0.6) is 0 Å². The van der Waals surface area contributed by atoms with E-state index in [1.54, 1.807) is 6.92 Å². The van der Waals surface area contributed by atoms with Crippen LogP contribution in [0.3, 0.4) is 0 Å². The highest BCUT2D eigenvalue weighted by atomic mass is 19.4. The number of likely N-dealkylation sites (tertiary alicyclic amines) is 1. The lowest BCUT2D eigenvalue weighted by atomic mass is 9.78. The van der Waals surface area contributed by atoms with Gasteiger partial charge >= 0.3 is 18.2 Å². The van der Waals surface area contributed by atoms with Gasteiger partial charge in [0.25, 0.3) is 0 Å². The molecule has 1 fully saturated rings. The fraction of sp³-hybridized carbons (Fsp3) is 0.556. The number of hydrogen-bond acceptors (Lipinski definition) is 2. The molecule has 26 heavy (non-hydrogen) atoms. The highest BCUT2D eigenvalue weighted by molar-refractivity contribution is 5.78. The fourth-order valence-corrected chi connectivity index (χ4v) is 3.13. The van der Waals surface area contributed by atoms with Gasteiger partial charge in [0.15, 0.2) is 0 Å². The molecule has 0 spiro atoms. The maximum Gasteiger partial charge on any atom is 0.394 e. The van der Waals surface area contributed by atoms with Gasteiger partial charge in [0.2, 0.25) is 0 Å². The molecule has 2 amide bonds. The molecule has 1 aliphatic heterocycles. The zero-order chi connectivity index (χ0) is 19.7. The van der Waals surface area contributed by atoms with Crippen LogP contribution < -0.4 is 5.32 Å². The van der Waals surface area contributed by atoms with Crippen LogP contribution >= 0.6 is 0 Å². The van der Waals surface area contributed by atoms with Crippen LogP contribution in [-0.4, -0.2) is 47.3 Å². The number of carbonyl (C=O) groups excluding carboxylic acids is 1. The number of hydrogen-bond donors (Lipinski definition) is 2. The lowest BCUT2D eigenvalue weighted by Crippen LogP contribution is -2.50. The minimum atomic E-state index is -4.66. The van der Waals surface area contributed by atoms with Crippen molar-refractivity contribution in [3.63, 3.8) is 0 Å². The van der Waals surface area contributed by atoms with Crippen LogP contribution in [-0.2, 0) is 10.2 Å². The lowest BCUT2D eigenvalue weighted by molar-refractivity contribution is -0.187. The molecule has 0 aromatic heterocycles. The number of aliphatic carboxylic acids is 1. The zero-order valence-corrected chi connectivity index (χ0v) is 14.9. The Bertz CT molecular complexity index is 661. The van der Waals surface area contributed by atoms with Crippen molar-refractivity contribution in [1.29, 1.82) is 0 Å². The number of benzene rings is 1. The molecule has 5 nitrogen and oxygen atoms in total. The first kappa shape index (κ1) is 20.1. The summed E-state index contributed by atoms with van der Waals surface area (Å²) in [6.45, 7) is 4.52. The van der Waals surface area contributed by atoms with Gasteiger partial charge < -0.3 is 15.3 Å². The molecule has 1 saturated heterocycles. The summed E-state index contributed by atoms with van der Waals surface area (Å²) in [6, 6.07) is 8.40. The number of urea groups is 1. The maximum absolute atomic E-state index is 13.1. The van der Waals surface area contributed by atoms with Gasteiger partial charge in [0, 0.05) is 24.5 Å². The van der Waals surface area contributed by atoms with Crippen molar-refractivity contribution < 1.29 is 27.9 Å². The van der Waals surface area contributed by atoms with Gasteiger partial charge in [-0.05, 0) is 12.5 Å². The SMILES string of the molecule is CC(NC(=O)N1C[C@@H](C(F)(F)F)[C@H](C(=O)O)C1)C(C)(C)c1ccccc1. The van der Waals surface area contributed by atoms with Crippen LogP contribution in [0.2, 0.25) is 0 Å². The topological polar surface area (TPSA) is 69.6 Å². The molecule has 1 aromatic carbocycles. The number of carboxylic acids is 1. The van der Waals surface area contributed by atoms with E-state index in [9.17, 15) is 22.8 Å². The van der Waals surface area contributed by atoms with E-state index in [4.69, 9.17) is 5.11 Å². The van der Waals surface area contributed by atoms with E-state index in [1.165, 1.54) is 0 Å². The van der Waals surface area contributed by atoms with E-state index in [2.05, 4.69) is 5.32 Å². The van der Waals surface area contributed by atoms with Crippen LogP contribution in [0, 0.1) is 11.8 Å². The predicted molar refractivity (Wildman–Crippen MR) is 89.7 cm³/mol. The second-order valence-corrected chi connectivity index (χ2v) is 7.26. The number of nitrogens with one attached hydrogen (secondary N) is 1. The van der Waals surface area contributed by atoms with E-state index in [0.717, 1.165) is 10.5 Å². The van der Waals surface area contributed by atoms with Crippen molar-refractivity contribution in [2.24, 2.45) is 11.8 Å². The number of halogens is 3. The lowest BCUT2D eigenvalue weighted by Gasteiger charge is -2.34. The number of rotatable bonds is 4. The minimum Gasteiger partial charge on any atom is -0.481 e. The van der Waals surface area contributed by atoms with Crippen LogP contribution in [0.4, 0.5) is 18.0 Å². The van der Waals surface area contributed by atoms with Crippen molar-refractivity contribution in [2.75, 3.05) is 13.1 Å². The van der Waals surface area contributed by atoms with Crippen molar-refractivity contribution in [1.82, 2.24) is 10.2 Å². The number of amides is 2. The van der Waals surface area contributed by atoms with E-state index < -0.39 is 48.5 Å². The van der Waals surface area contributed by atoms with Crippen LogP contribution in [0.1, 0.15) is 26.3 Å².